The number of phenols is 1. The Balaban J connectivity index is 1.77. The number of carbonyl (C=O) groups is 2. The first-order valence-corrected chi connectivity index (χ1v) is 6.49. The fourth-order valence-electron chi connectivity index (χ4n) is 2.33. The lowest BCUT2D eigenvalue weighted by Crippen LogP contribution is -2.36. The predicted octanol–water partition coefficient (Wildman–Crippen LogP) is 1.14. The normalized spacial score (nSPS) is 21.4. The highest BCUT2D eigenvalue weighted by Gasteiger charge is 2.30. The van der Waals surface area contributed by atoms with E-state index in [1.54, 1.807) is 18.2 Å². The third kappa shape index (κ3) is 3.63. The van der Waals surface area contributed by atoms with Crippen LogP contribution in [0.5, 0.6) is 11.5 Å². The summed E-state index contributed by atoms with van der Waals surface area (Å²) in [5.74, 6) is -1.28. The lowest BCUT2D eigenvalue weighted by Gasteiger charge is -2.13. The van der Waals surface area contributed by atoms with Gasteiger partial charge in [-0.3, -0.25) is 9.59 Å². The number of amides is 1. The van der Waals surface area contributed by atoms with Crippen LogP contribution in [0.25, 0.3) is 0 Å². The SMILES string of the molecule is O=C(COc1ccccc1O)NC1CCC(C(=O)O)C1. The number of benzene rings is 1. The molecule has 0 radical (unpaired) electrons. The maximum Gasteiger partial charge on any atom is 0.306 e. The number of hydrogen-bond donors (Lipinski definition) is 3. The molecule has 6 heteroatoms. The first-order valence-electron chi connectivity index (χ1n) is 6.49. The van der Waals surface area contributed by atoms with Gasteiger partial charge in [0, 0.05) is 6.04 Å². The highest BCUT2D eigenvalue weighted by Crippen LogP contribution is 2.26. The van der Waals surface area contributed by atoms with Crippen molar-refractivity contribution in [2.45, 2.75) is 25.3 Å². The van der Waals surface area contributed by atoms with Gasteiger partial charge in [-0.25, -0.2) is 0 Å². The maximum absolute atomic E-state index is 11.7. The van der Waals surface area contributed by atoms with E-state index in [0.717, 1.165) is 0 Å². The molecule has 108 valence electrons. The minimum atomic E-state index is -0.813. The summed E-state index contributed by atoms with van der Waals surface area (Å²) in [4.78, 5) is 22.5. The van der Waals surface area contributed by atoms with Crippen LogP contribution in [-0.4, -0.2) is 34.7 Å². The third-order valence-electron chi connectivity index (χ3n) is 3.37. The molecule has 0 bridgehead atoms. The molecule has 1 aliphatic rings. The second-order valence-corrected chi connectivity index (χ2v) is 4.87. The molecule has 3 N–H and O–H groups in total. The van der Waals surface area contributed by atoms with Gasteiger partial charge in [-0.05, 0) is 31.4 Å². The van der Waals surface area contributed by atoms with Crippen molar-refractivity contribution >= 4 is 11.9 Å². The van der Waals surface area contributed by atoms with E-state index >= 15 is 0 Å². The van der Waals surface area contributed by atoms with Crippen LogP contribution >= 0.6 is 0 Å². The smallest absolute Gasteiger partial charge is 0.306 e. The van der Waals surface area contributed by atoms with E-state index in [4.69, 9.17) is 9.84 Å². The van der Waals surface area contributed by atoms with E-state index in [1.165, 1.54) is 6.07 Å². The number of carboxylic acid groups (broad SMARTS) is 1. The van der Waals surface area contributed by atoms with Crippen LogP contribution in [0.1, 0.15) is 19.3 Å². The molecular formula is C14H17NO5. The summed E-state index contributed by atoms with van der Waals surface area (Å²) in [7, 11) is 0. The standard InChI is InChI=1S/C14H17NO5/c16-11-3-1-2-4-12(11)20-8-13(17)15-10-6-5-9(7-10)14(18)19/h1-4,9-10,16H,5-8H2,(H,15,17)(H,18,19). The Bertz CT molecular complexity index is 502. The molecule has 0 saturated heterocycles. The van der Waals surface area contributed by atoms with Crippen molar-refractivity contribution in [1.82, 2.24) is 5.32 Å². The molecule has 1 aromatic rings. The second kappa shape index (κ2) is 6.27. The van der Waals surface area contributed by atoms with Crippen molar-refractivity contribution in [2.24, 2.45) is 5.92 Å². The largest absolute Gasteiger partial charge is 0.504 e. The topological polar surface area (TPSA) is 95.9 Å². The highest BCUT2D eigenvalue weighted by molar-refractivity contribution is 5.78. The number of nitrogens with one attached hydrogen (secondary N) is 1. The van der Waals surface area contributed by atoms with E-state index in [9.17, 15) is 14.7 Å². The van der Waals surface area contributed by atoms with Crippen molar-refractivity contribution in [3.63, 3.8) is 0 Å². The molecule has 0 aromatic heterocycles. The van der Waals surface area contributed by atoms with Crippen molar-refractivity contribution in [2.75, 3.05) is 6.61 Å². The number of aromatic hydroxyl groups is 1. The Hall–Kier alpha value is -2.24. The van der Waals surface area contributed by atoms with Crippen molar-refractivity contribution in [1.29, 1.82) is 0 Å². The van der Waals surface area contributed by atoms with E-state index in [1.807, 2.05) is 0 Å². The summed E-state index contributed by atoms with van der Waals surface area (Å²) in [6, 6.07) is 6.28. The van der Waals surface area contributed by atoms with E-state index in [2.05, 4.69) is 5.32 Å². The zero-order valence-corrected chi connectivity index (χ0v) is 10.9. The lowest BCUT2D eigenvalue weighted by atomic mass is 10.1. The number of hydrogen-bond acceptors (Lipinski definition) is 4. The van der Waals surface area contributed by atoms with Crippen LogP contribution in [0.4, 0.5) is 0 Å². The van der Waals surface area contributed by atoms with Gasteiger partial charge in [0.05, 0.1) is 5.92 Å². The predicted molar refractivity (Wildman–Crippen MR) is 70.5 cm³/mol. The summed E-state index contributed by atoms with van der Waals surface area (Å²) in [6.45, 7) is -0.203. The van der Waals surface area contributed by atoms with Crippen LogP contribution < -0.4 is 10.1 Å². The Labute approximate surface area is 116 Å². The first-order chi connectivity index (χ1) is 9.56. The summed E-state index contributed by atoms with van der Waals surface area (Å²) >= 11 is 0. The molecule has 1 aromatic carbocycles. The maximum atomic E-state index is 11.7. The molecule has 2 rings (SSSR count). The Morgan fingerprint density at radius 1 is 1.30 bits per heavy atom. The van der Waals surface area contributed by atoms with Gasteiger partial charge < -0.3 is 20.3 Å². The Morgan fingerprint density at radius 2 is 2.05 bits per heavy atom. The van der Waals surface area contributed by atoms with Crippen LogP contribution in [0.15, 0.2) is 24.3 Å². The zero-order valence-electron chi connectivity index (χ0n) is 10.9. The molecule has 0 aliphatic heterocycles. The van der Waals surface area contributed by atoms with Gasteiger partial charge in [0.2, 0.25) is 0 Å². The van der Waals surface area contributed by atoms with Gasteiger partial charge in [-0.1, -0.05) is 12.1 Å². The molecular weight excluding hydrogens is 262 g/mol. The molecule has 1 aliphatic carbocycles. The molecule has 6 nitrogen and oxygen atoms in total. The fraction of sp³-hybridized carbons (Fsp3) is 0.429. The fourth-order valence-corrected chi connectivity index (χ4v) is 2.33. The molecule has 2 unspecified atom stereocenters. The lowest BCUT2D eigenvalue weighted by molar-refractivity contribution is -0.141. The van der Waals surface area contributed by atoms with Gasteiger partial charge in [0.1, 0.15) is 0 Å². The third-order valence-corrected chi connectivity index (χ3v) is 3.37. The number of aliphatic carboxylic acids is 1. The number of phenolic OH excluding ortho intramolecular Hbond substituents is 1. The molecule has 1 fully saturated rings. The quantitative estimate of drug-likeness (QED) is 0.751. The van der Waals surface area contributed by atoms with E-state index in [0.29, 0.717) is 19.3 Å². The number of rotatable bonds is 5. The molecule has 20 heavy (non-hydrogen) atoms. The highest BCUT2D eigenvalue weighted by atomic mass is 16.5. The van der Waals surface area contributed by atoms with Crippen molar-refractivity contribution in [3.05, 3.63) is 24.3 Å². The average Bonchev–Trinajstić information content (AvgIpc) is 2.86. The first kappa shape index (κ1) is 14.2. The molecule has 0 spiro atoms. The summed E-state index contributed by atoms with van der Waals surface area (Å²) in [5.41, 5.74) is 0. The van der Waals surface area contributed by atoms with Crippen molar-refractivity contribution in [3.8, 4) is 11.5 Å². The average molecular weight is 279 g/mol. The molecule has 1 saturated carbocycles. The number of para-hydroxylation sites is 2. The van der Waals surface area contributed by atoms with Gasteiger partial charge in [-0.2, -0.15) is 0 Å². The summed E-state index contributed by atoms with van der Waals surface area (Å²) < 4.78 is 5.20. The number of carbonyl (C=O) groups excluding carboxylic acids is 1. The Morgan fingerprint density at radius 3 is 2.70 bits per heavy atom. The van der Waals surface area contributed by atoms with Gasteiger partial charge in [-0.15, -0.1) is 0 Å². The molecule has 2 atom stereocenters. The zero-order chi connectivity index (χ0) is 14.5. The number of ether oxygens (including phenoxy) is 1. The second-order valence-electron chi connectivity index (χ2n) is 4.87. The summed E-state index contributed by atoms with van der Waals surface area (Å²) in [5, 5.41) is 21.1. The monoisotopic (exact) mass is 279 g/mol. The van der Waals surface area contributed by atoms with E-state index < -0.39 is 5.97 Å². The van der Waals surface area contributed by atoms with E-state index in [-0.39, 0.29) is 36.0 Å². The Kier molecular flexibility index (Phi) is 4.45. The van der Waals surface area contributed by atoms with Gasteiger partial charge in [0.15, 0.2) is 18.1 Å². The van der Waals surface area contributed by atoms with Crippen LogP contribution in [0.3, 0.4) is 0 Å². The van der Waals surface area contributed by atoms with Crippen LogP contribution in [0.2, 0.25) is 0 Å². The van der Waals surface area contributed by atoms with Crippen LogP contribution in [-0.2, 0) is 9.59 Å². The van der Waals surface area contributed by atoms with Gasteiger partial charge >= 0.3 is 5.97 Å². The molecule has 0 heterocycles. The van der Waals surface area contributed by atoms with Crippen molar-refractivity contribution < 1.29 is 24.5 Å². The minimum Gasteiger partial charge on any atom is -0.504 e. The van der Waals surface area contributed by atoms with Crippen LogP contribution in [0, 0.1) is 5.92 Å². The minimum absolute atomic E-state index is 0.0212. The van der Waals surface area contributed by atoms with Gasteiger partial charge in [0.25, 0.3) is 5.91 Å². The number of carboxylic acids is 1. The molecule has 1 amide bonds. The summed E-state index contributed by atoms with van der Waals surface area (Å²) in [6.07, 6.45) is 1.71.